The SMILES string of the molecule is Cc1cc2c(cc1-c1ccc(O)nc1)COC1(CCN(C3CCC3)CC1)O2. The van der Waals surface area contributed by atoms with Crippen molar-refractivity contribution in [3.63, 3.8) is 0 Å². The van der Waals surface area contributed by atoms with E-state index in [1.54, 1.807) is 12.3 Å². The number of aryl methyl sites for hydroxylation is 1. The third kappa shape index (κ3) is 3.09. The Labute approximate surface area is 159 Å². The van der Waals surface area contributed by atoms with Gasteiger partial charge in [-0.2, -0.15) is 0 Å². The van der Waals surface area contributed by atoms with Crippen molar-refractivity contribution in [2.45, 2.75) is 57.5 Å². The number of aromatic hydroxyl groups is 1. The molecule has 1 spiro atoms. The highest BCUT2D eigenvalue weighted by Gasteiger charge is 2.42. The first-order chi connectivity index (χ1) is 13.1. The average molecular weight is 366 g/mol. The van der Waals surface area contributed by atoms with Crippen molar-refractivity contribution in [1.29, 1.82) is 0 Å². The van der Waals surface area contributed by atoms with Crippen LogP contribution in [-0.4, -0.2) is 39.9 Å². The minimum absolute atomic E-state index is 0.0382. The van der Waals surface area contributed by atoms with Crippen molar-refractivity contribution < 1.29 is 14.6 Å². The Morgan fingerprint density at radius 1 is 1.19 bits per heavy atom. The van der Waals surface area contributed by atoms with Gasteiger partial charge in [0.05, 0.1) is 6.61 Å². The van der Waals surface area contributed by atoms with Gasteiger partial charge in [0.1, 0.15) is 5.75 Å². The van der Waals surface area contributed by atoms with Crippen LogP contribution in [0.2, 0.25) is 0 Å². The summed E-state index contributed by atoms with van der Waals surface area (Å²) in [5, 5.41) is 9.42. The van der Waals surface area contributed by atoms with E-state index in [9.17, 15) is 5.11 Å². The fourth-order valence-electron chi connectivity index (χ4n) is 4.46. The van der Waals surface area contributed by atoms with Gasteiger partial charge in [-0.25, -0.2) is 4.98 Å². The number of rotatable bonds is 2. The maximum absolute atomic E-state index is 9.42. The number of nitrogens with zero attached hydrogens (tertiary/aromatic N) is 2. The monoisotopic (exact) mass is 366 g/mol. The normalized spacial score (nSPS) is 22.1. The largest absolute Gasteiger partial charge is 0.493 e. The molecule has 0 radical (unpaired) electrons. The molecule has 1 saturated carbocycles. The van der Waals surface area contributed by atoms with E-state index in [2.05, 4.69) is 28.9 Å². The third-order valence-electron chi connectivity index (χ3n) is 6.40. The zero-order valence-corrected chi connectivity index (χ0v) is 15.8. The highest BCUT2D eigenvalue weighted by molar-refractivity contribution is 5.69. The fourth-order valence-corrected chi connectivity index (χ4v) is 4.46. The molecule has 2 aromatic rings. The van der Waals surface area contributed by atoms with E-state index in [1.165, 1.54) is 19.3 Å². The molecule has 0 amide bonds. The van der Waals surface area contributed by atoms with Crippen molar-refractivity contribution >= 4 is 0 Å². The molecule has 1 aromatic carbocycles. The maximum Gasteiger partial charge on any atom is 0.213 e. The van der Waals surface area contributed by atoms with E-state index >= 15 is 0 Å². The van der Waals surface area contributed by atoms with Gasteiger partial charge >= 0.3 is 0 Å². The summed E-state index contributed by atoms with van der Waals surface area (Å²) < 4.78 is 12.7. The van der Waals surface area contributed by atoms with Crippen LogP contribution in [0.15, 0.2) is 30.5 Å². The molecule has 3 heterocycles. The fraction of sp³-hybridized carbons (Fsp3) is 0.500. The van der Waals surface area contributed by atoms with E-state index in [0.29, 0.717) is 6.61 Å². The summed E-state index contributed by atoms with van der Waals surface area (Å²) in [6.07, 6.45) is 7.66. The van der Waals surface area contributed by atoms with Crippen LogP contribution in [0.1, 0.15) is 43.2 Å². The summed E-state index contributed by atoms with van der Waals surface area (Å²) in [4.78, 5) is 6.61. The van der Waals surface area contributed by atoms with Gasteiger partial charge in [-0.3, -0.25) is 4.90 Å². The molecule has 5 nitrogen and oxygen atoms in total. The standard InChI is InChI=1S/C22H26N2O3/c1-15-11-20-17(12-19(15)16-5-6-21(25)23-13-16)14-26-22(27-20)7-9-24(10-8-22)18-3-2-4-18/h5-6,11-13,18H,2-4,7-10,14H2,1H3,(H,23,25). The number of likely N-dealkylation sites (tertiary alicyclic amines) is 1. The van der Waals surface area contributed by atoms with Crippen molar-refractivity contribution in [1.82, 2.24) is 9.88 Å². The van der Waals surface area contributed by atoms with Crippen LogP contribution < -0.4 is 4.74 Å². The summed E-state index contributed by atoms with van der Waals surface area (Å²) >= 11 is 0. The van der Waals surface area contributed by atoms with Crippen LogP contribution in [0.3, 0.4) is 0 Å². The molecule has 1 aliphatic carbocycles. The van der Waals surface area contributed by atoms with Gasteiger partial charge in [-0.05, 0) is 49.1 Å². The first-order valence-electron chi connectivity index (χ1n) is 9.98. The van der Waals surface area contributed by atoms with Gasteiger partial charge in [0.15, 0.2) is 0 Å². The first kappa shape index (κ1) is 17.0. The Balaban J connectivity index is 1.36. The molecular weight excluding hydrogens is 340 g/mol. The zero-order chi connectivity index (χ0) is 18.4. The van der Waals surface area contributed by atoms with Gasteiger partial charge < -0.3 is 14.6 Å². The van der Waals surface area contributed by atoms with Crippen LogP contribution in [0.5, 0.6) is 11.6 Å². The van der Waals surface area contributed by atoms with Gasteiger partial charge in [0.2, 0.25) is 11.7 Å². The lowest BCUT2D eigenvalue weighted by Crippen LogP contribution is -2.54. The molecule has 5 rings (SSSR count). The number of aromatic nitrogens is 1. The van der Waals surface area contributed by atoms with Crippen molar-refractivity contribution in [3.8, 4) is 22.8 Å². The predicted octanol–water partition coefficient (Wildman–Crippen LogP) is 4.02. The molecule has 2 aliphatic heterocycles. The smallest absolute Gasteiger partial charge is 0.213 e. The average Bonchev–Trinajstić information content (AvgIpc) is 2.63. The second-order valence-corrected chi connectivity index (χ2v) is 8.10. The number of hydrogen-bond acceptors (Lipinski definition) is 5. The Hall–Kier alpha value is -2.11. The number of hydrogen-bond donors (Lipinski definition) is 1. The van der Waals surface area contributed by atoms with Gasteiger partial charge in [-0.15, -0.1) is 0 Å². The maximum atomic E-state index is 9.42. The molecule has 3 aliphatic rings. The van der Waals surface area contributed by atoms with Crippen LogP contribution in [0.25, 0.3) is 11.1 Å². The summed E-state index contributed by atoms with van der Waals surface area (Å²) in [6.45, 7) is 4.80. The van der Waals surface area contributed by atoms with E-state index in [-0.39, 0.29) is 5.88 Å². The lowest BCUT2D eigenvalue weighted by Gasteiger charge is -2.47. The number of ether oxygens (including phenoxy) is 2. The minimum atomic E-state index is -0.457. The van der Waals surface area contributed by atoms with Gasteiger partial charge in [0, 0.05) is 55.4 Å². The van der Waals surface area contributed by atoms with Crippen LogP contribution in [0.4, 0.5) is 0 Å². The van der Waals surface area contributed by atoms with Crippen LogP contribution in [-0.2, 0) is 11.3 Å². The molecule has 0 bridgehead atoms. The molecule has 1 N–H and O–H groups in total. The Morgan fingerprint density at radius 3 is 2.67 bits per heavy atom. The number of pyridine rings is 1. The molecule has 1 saturated heterocycles. The topological polar surface area (TPSA) is 54.8 Å². The van der Waals surface area contributed by atoms with E-state index in [1.807, 2.05) is 6.07 Å². The molecule has 27 heavy (non-hydrogen) atoms. The summed E-state index contributed by atoms with van der Waals surface area (Å²) in [5.41, 5.74) is 4.31. The van der Waals surface area contributed by atoms with E-state index < -0.39 is 5.79 Å². The lowest BCUT2D eigenvalue weighted by molar-refractivity contribution is -0.231. The summed E-state index contributed by atoms with van der Waals surface area (Å²) in [7, 11) is 0. The number of fused-ring (bicyclic) bond motifs is 1. The molecule has 1 aromatic heterocycles. The van der Waals surface area contributed by atoms with Crippen LogP contribution in [0, 0.1) is 6.92 Å². The van der Waals surface area contributed by atoms with E-state index in [0.717, 1.165) is 60.0 Å². The van der Waals surface area contributed by atoms with Crippen molar-refractivity contribution in [2.24, 2.45) is 0 Å². The highest BCUT2D eigenvalue weighted by Crippen LogP contribution is 2.41. The number of benzene rings is 1. The molecular formula is C22H26N2O3. The Kier molecular flexibility index (Phi) is 4.10. The Bertz CT molecular complexity index is 837. The van der Waals surface area contributed by atoms with Crippen LogP contribution >= 0.6 is 0 Å². The lowest BCUT2D eigenvalue weighted by atomic mass is 9.89. The molecule has 142 valence electrons. The Morgan fingerprint density at radius 2 is 2.00 bits per heavy atom. The second-order valence-electron chi connectivity index (χ2n) is 8.10. The third-order valence-corrected chi connectivity index (χ3v) is 6.40. The van der Waals surface area contributed by atoms with Gasteiger partial charge in [0.25, 0.3) is 0 Å². The first-order valence-corrected chi connectivity index (χ1v) is 9.98. The molecule has 5 heteroatoms. The molecule has 2 fully saturated rings. The van der Waals surface area contributed by atoms with E-state index in [4.69, 9.17) is 9.47 Å². The highest BCUT2D eigenvalue weighted by atomic mass is 16.7. The van der Waals surface area contributed by atoms with Crippen molar-refractivity contribution in [3.05, 3.63) is 41.6 Å². The number of piperidine rings is 1. The molecule has 0 atom stereocenters. The second kappa shape index (κ2) is 6.50. The summed E-state index contributed by atoms with van der Waals surface area (Å²) in [5.74, 6) is 0.531. The predicted molar refractivity (Wildman–Crippen MR) is 103 cm³/mol. The quantitative estimate of drug-likeness (QED) is 0.870. The molecule has 0 unspecified atom stereocenters. The zero-order valence-electron chi connectivity index (χ0n) is 15.8. The van der Waals surface area contributed by atoms with Crippen molar-refractivity contribution in [2.75, 3.05) is 13.1 Å². The summed E-state index contributed by atoms with van der Waals surface area (Å²) in [6, 6.07) is 8.56. The minimum Gasteiger partial charge on any atom is -0.493 e. The van der Waals surface area contributed by atoms with Gasteiger partial charge in [-0.1, -0.05) is 6.42 Å².